The molecule has 1 aromatic rings. The number of sulfonamides is 1. The van der Waals surface area contributed by atoms with Crippen LogP contribution in [-0.4, -0.2) is 54.2 Å². The number of rotatable bonds is 7. The third-order valence-electron chi connectivity index (χ3n) is 2.26. The van der Waals surface area contributed by atoms with Gasteiger partial charge in [0, 0.05) is 26.4 Å². The summed E-state index contributed by atoms with van der Waals surface area (Å²) in [4.78, 5) is -0.136. The van der Waals surface area contributed by atoms with Crippen LogP contribution in [0.5, 0.6) is 0 Å². The minimum absolute atomic E-state index is 0.0345. The molecule has 0 amide bonds. The number of nitrogens with zero attached hydrogens (tertiary/aromatic N) is 3. The van der Waals surface area contributed by atoms with Gasteiger partial charge in [-0.3, -0.25) is 4.68 Å². The number of aliphatic hydroxyl groups is 1. The van der Waals surface area contributed by atoms with E-state index in [-0.39, 0.29) is 11.5 Å². The standard InChI is InChI=1S/C9H15F2N3O3S/c1-13(7-9(10)11)18(16,17)8-5-12-14(6-8)3-2-4-15/h5-6,9,15H,2-4,7H2,1H3. The molecule has 0 saturated heterocycles. The number of alkyl halides is 2. The van der Waals surface area contributed by atoms with Crippen molar-refractivity contribution in [2.75, 3.05) is 20.2 Å². The highest BCUT2D eigenvalue weighted by molar-refractivity contribution is 7.89. The number of hydrogen-bond donors (Lipinski definition) is 1. The smallest absolute Gasteiger partial charge is 0.252 e. The zero-order valence-electron chi connectivity index (χ0n) is 9.83. The predicted octanol–water partition coefficient (Wildman–Crippen LogP) is 0.151. The van der Waals surface area contributed by atoms with E-state index >= 15 is 0 Å². The first-order valence-electron chi connectivity index (χ1n) is 5.25. The molecule has 18 heavy (non-hydrogen) atoms. The van der Waals surface area contributed by atoms with Crippen molar-refractivity contribution in [3.63, 3.8) is 0 Å². The van der Waals surface area contributed by atoms with Crippen molar-refractivity contribution in [3.05, 3.63) is 12.4 Å². The normalized spacial score (nSPS) is 12.6. The Labute approximate surface area is 104 Å². The SMILES string of the molecule is CN(CC(F)F)S(=O)(=O)c1cnn(CCCO)c1. The minimum Gasteiger partial charge on any atom is -0.396 e. The molecule has 0 aromatic carbocycles. The maximum atomic E-state index is 12.1. The third kappa shape index (κ3) is 3.72. The van der Waals surface area contributed by atoms with Gasteiger partial charge in [-0.2, -0.15) is 9.40 Å². The summed E-state index contributed by atoms with van der Waals surface area (Å²) in [6.07, 6.45) is 0.0737. The molecule has 0 aliphatic heterocycles. The van der Waals surface area contributed by atoms with E-state index in [4.69, 9.17) is 5.11 Å². The minimum atomic E-state index is -3.93. The molecule has 0 bridgehead atoms. The zero-order valence-corrected chi connectivity index (χ0v) is 10.6. The predicted molar refractivity (Wildman–Crippen MR) is 59.7 cm³/mol. The maximum Gasteiger partial charge on any atom is 0.252 e. The molecule has 9 heteroatoms. The first-order chi connectivity index (χ1) is 8.37. The largest absolute Gasteiger partial charge is 0.396 e. The van der Waals surface area contributed by atoms with Gasteiger partial charge >= 0.3 is 0 Å². The summed E-state index contributed by atoms with van der Waals surface area (Å²) in [5, 5.41) is 12.4. The van der Waals surface area contributed by atoms with Crippen molar-refractivity contribution in [2.45, 2.75) is 24.3 Å². The van der Waals surface area contributed by atoms with Crippen LogP contribution in [0.15, 0.2) is 17.3 Å². The van der Waals surface area contributed by atoms with E-state index in [1.165, 1.54) is 10.9 Å². The fraction of sp³-hybridized carbons (Fsp3) is 0.667. The lowest BCUT2D eigenvalue weighted by Gasteiger charge is -2.14. The monoisotopic (exact) mass is 283 g/mol. The summed E-state index contributed by atoms with van der Waals surface area (Å²) < 4.78 is 49.9. The third-order valence-corrected chi connectivity index (χ3v) is 4.03. The highest BCUT2D eigenvalue weighted by Gasteiger charge is 2.24. The highest BCUT2D eigenvalue weighted by atomic mass is 32.2. The van der Waals surface area contributed by atoms with Gasteiger partial charge in [0.05, 0.1) is 12.7 Å². The quantitative estimate of drug-likeness (QED) is 0.773. The van der Waals surface area contributed by atoms with Crippen LogP contribution in [0, 0.1) is 0 Å². The molecule has 1 heterocycles. The fourth-order valence-corrected chi connectivity index (χ4v) is 2.41. The summed E-state index contributed by atoms with van der Waals surface area (Å²) in [5.74, 6) is 0. The van der Waals surface area contributed by atoms with Crippen LogP contribution in [0.3, 0.4) is 0 Å². The van der Waals surface area contributed by atoms with Crippen molar-refractivity contribution < 1.29 is 22.3 Å². The van der Waals surface area contributed by atoms with Crippen molar-refractivity contribution in [1.82, 2.24) is 14.1 Å². The Bertz CT molecular complexity index is 475. The Kier molecular flexibility index (Phi) is 5.17. The zero-order chi connectivity index (χ0) is 13.8. The fourth-order valence-electron chi connectivity index (χ4n) is 1.31. The molecule has 0 spiro atoms. The van der Waals surface area contributed by atoms with Crippen molar-refractivity contribution in [3.8, 4) is 0 Å². The van der Waals surface area contributed by atoms with Gasteiger partial charge in [0.1, 0.15) is 4.90 Å². The van der Waals surface area contributed by atoms with Gasteiger partial charge in [-0.15, -0.1) is 0 Å². The van der Waals surface area contributed by atoms with Crippen LogP contribution in [-0.2, 0) is 16.6 Å². The van der Waals surface area contributed by atoms with Crippen LogP contribution in [0.4, 0.5) is 8.78 Å². The molecule has 0 aliphatic rings. The molecule has 1 rings (SSSR count). The Hall–Kier alpha value is -1.06. The molecule has 1 N–H and O–H groups in total. The van der Waals surface area contributed by atoms with E-state index in [1.54, 1.807) is 0 Å². The van der Waals surface area contributed by atoms with Gasteiger partial charge in [-0.05, 0) is 6.42 Å². The first kappa shape index (κ1) is 15.0. The van der Waals surface area contributed by atoms with E-state index in [1.807, 2.05) is 0 Å². The number of aromatic nitrogens is 2. The molecule has 0 atom stereocenters. The number of aliphatic hydroxyl groups excluding tert-OH is 1. The molecule has 6 nitrogen and oxygen atoms in total. The van der Waals surface area contributed by atoms with Gasteiger partial charge in [0.2, 0.25) is 10.0 Å². The van der Waals surface area contributed by atoms with E-state index in [9.17, 15) is 17.2 Å². The van der Waals surface area contributed by atoms with Gasteiger partial charge < -0.3 is 5.11 Å². The highest BCUT2D eigenvalue weighted by Crippen LogP contribution is 2.14. The molecular weight excluding hydrogens is 268 g/mol. The molecule has 0 fully saturated rings. The summed E-state index contributed by atoms with van der Waals surface area (Å²) in [6, 6.07) is 0. The molecule has 104 valence electrons. The molecule has 0 aliphatic carbocycles. The van der Waals surface area contributed by atoms with Gasteiger partial charge in [-0.25, -0.2) is 17.2 Å². The molecule has 0 saturated carbocycles. The average Bonchev–Trinajstić information content (AvgIpc) is 2.74. The molecule has 1 aromatic heterocycles. The number of halogens is 2. The topological polar surface area (TPSA) is 75.4 Å². The van der Waals surface area contributed by atoms with Crippen LogP contribution in [0.1, 0.15) is 6.42 Å². The lowest BCUT2D eigenvalue weighted by molar-refractivity contribution is 0.126. The number of hydrogen-bond acceptors (Lipinski definition) is 4. The van der Waals surface area contributed by atoms with Crippen LogP contribution in [0.25, 0.3) is 0 Å². The summed E-state index contributed by atoms with van der Waals surface area (Å²) in [6.45, 7) is -0.526. The van der Waals surface area contributed by atoms with Crippen molar-refractivity contribution >= 4 is 10.0 Å². The van der Waals surface area contributed by atoms with E-state index in [0.29, 0.717) is 17.3 Å². The molecular formula is C9H15F2N3O3S. The Morgan fingerprint density at radius 2 is 2.22 bits per heavy atom. The Morgan fingerprint density at radius 3 is 2.78 bits per heavy atom. The second-order valence-electron chi connectivity index (χ2n) is 3.69. The van der Waals surface area contributed by atoms with Crippen molar-refractivity contribution in [1.29, 1.82) is 0 Å². The van der Waals surface area contributed by atoms with Crippen LogP contribution >= 0.6 is 0 Å². The van der Waals surface area contributed by atoms with Crippen molar-refractivity contribution in [2.24, 2.45) is 0 Å². The van der Waals surface area contributed by atoms with Gasteiger partial charge in [-0.1, -0.05) is 0 Å². The van der Waals surface area contributed by atoms with Gasteiger partial charge in [0.15, 0.2) is 0 Å². The Morgan fingerprint density at radius 1 is 1.56 bits per heavy atom. The van der Waals surface area contributed by atoms with E-state index < -0.39 is 23.0 Å². The first-order valence-corrected chi connectivity index (χ1v) is 6.69. The second-order valence-corrected chi connectivity index (χ2v) is 5.74. The maximum absolute atomic E-state index is 12.1. The summed E-state index contributed by atoms with van der Waals surface area (Å²) in [5.41, 5.74) is 0. The Balaban J connectivity index is 2.81. The average molecular weight is 283 g/mol. The molecule has 0 unspecified atom stereocenters. The molecule has 0 radical (unpaired) electrons. The lowest BCUT2D eigenvalue weighted by atomic mass is 10.5. The van der Waals surface area contributed by atoms with Gasteiger partial charge in [0.25, 0.3) is 6.43 Å². The summed E-state index contributed by atoms with van der Waals surface area (Å²) in [7, 11) is -2.84. The van der Waals surface area contributed by atoms with Crippen LogP contribution in [0.2, 0.25) is 0 Å². The van der Waals surface area contributed by atoms with Crippen LogP contribution < -0.4 is 0 Å². The second kappa shape index (κ2) is 6.21. The number of aryl methyl sites for hydroxylation is 1. The summed E-state index contributed by atoms with van der Waals surface area (Å²) >= 11 is 0. The van der Waals surface area contributed by atoms with E-state index in [2.05, 4.69) is 5.10 Å². The lowest BCUT2D eigenvalue weighted by Crippen LogP contribution is -2.31. The van der Waals surface area contributed by atoms with E-state index in [0.717, 1.165) is 13.2 Å².